The smallest absolute Gasteiger partial charge is 0.435 e. The van der Waals surface area contributed by atoms with Gasteiger partial charge in [-0.15, -0.1) is 0 Å². The van der Waals surface area contributed by atoms with Crippen molar-refractivity contribution in [1.29, 1.82) is 0 Å². The van der Waals surface area contributed by atoms with Gasteiger partial charge in [-0.2, -0.15) is 8.78 Å². The molecule has 3 nitrogen and oxygen atoms in total. The molecule has 0 saturated carbocycles. The molecule has 1 saturated heterocycles. The van der Waals surface area contributed by atoms with Gasteiger partial charge >= 0.3 is 13.7 Å². The standard InChI is InChI=1S/C13H16BF3O3/c1-12(2)13(3,4)20-14(19-12)9-7-8(18-11(16)17)5-6-10(9)15/h5-7,11H,1-4H3. The number of halogens is 3. The molecule has 0 aromatic heterocycles. The average Bonchev–Trinajstić information content (AvgIpc) is 2.50. The van der Waals surface area contributed by atoms with E-state index in [2.05, 4.69) is 4.74 Å². The van der Waals surface area contributed by atoms with E-state index in [-0.39, 0.29) is 11.2 Å². The zero-order valence-corrected chi connectivity index (χ0v) is 11.7. The fraction of sp³-hybridized carbons (Fsp3) is 0.538. The van der Waals surface area contributed by atoms with Gasteiger partial charge in [-0.3, -0.25) is 0 Å². The van der Waals surface area contributed by atoms with E-state index in [0.29, 0.717) is 0 Å². The largest absolute Gasteiger partial charge is 0.497 e. The lowest BCUT2D eigenvalue weighted by Gasteiger charge is -2.32. The molecule has 2 rings (SSSR count). The summed E-state index contributed by atoms with van der Waals surface area (Å²) in [7, 11) is -0.957. The molecule has 0 unspecified atom stereocenters. The van der Waals surface area contributed by atoms with E-state index in [9.17, 15) is 13.2 Å². The second-order valence-corrected chi connectivity index (χ2v) is 5.65. The van der Waals surface area contributed by atoms with Crippen molar-refractivity contribution >= 4 is 12.6 Å². The molecule has 0 aliphatic carbocycles. The second kappa shape index (κ2) is 4.97. The van der Waals surface area contributed by atoms with Crippen LogP contribution in [-0.4, -0.2) is 24.9 Å². The van der Waals surface area contributed by atoms with Crippen LogP contribution in [0.4, 0.5) is 13.2 Å². The summed E-state index contributed by atoms with van der Waals surface area (Å²) in [5.41, 5.74) is -1.23. The molecular weight excluding hydrogens is 272 g/mol. The molecule has 1 aliphatic rings. The van der Waals surface area contributed by atoms with Crippen molar-refractivity contribution in [3.63, 3.8) is 0 Å². The van der Waals surface area contributed by atoms with Crippen LogP contribution in [0.15, 0.2) is 18.2 Å². The molecule has 0 N–H and O–H groups in total. The zero-order valence-electron chi connectivity index (χ0n) is 11.7. The zero-order chi connectivity index (χ0) is 15.1. The minimum absolute atomic E-state index is 0.0433. The lowest BCUT2D eigenvalue weighted by atomic mass is 9.78. The minimum atomic E-state index is -2.97. The van der Waals surface area contributed by atoms with Crippen LogP contribution in [0, 0.1) is 5.82 Å². The van der Waals surface area contributed by atoms with E-state index in [1.165, 1.54) is 6.07 Å². The Morgan fingerprint density at radius 1 is 1.10 bits per heavy atom. The fourth-order valence-corrected chi connectivity index (χ4v) is 1.85. The Kier molecular flexibility index (Phi) is 3.77. The maximum atomic E-state index is 13.9. The number of hydrogen-bond acceptors (Lipinski definition) is 3. The molecule has 1 heterocycles. The topological polar surface area (TPSA) is 27.7 Å². The second-order valence-electron chi connectivity index (χ2n) is 5.65. The molecule has 1 aromatic rings. The number of hydrogen-bond donors (Lipinski definition) is 0. The molecule has 0 atom stereocenters. The van der Waals surface area contributed by atoms with Crippen LogP contribution >= 0.6 is 0 Å². The van der Waals surface area contributed by atoms with Crippen LogP contribution in [0.3, 0.4) is 0 Å². The minimum Gasteiger partial charge on any atom is -0.435 e. The molecule has 1 aromatic carbocycles. The van der Waals surface area contributed by atoms with Crippen LogP contribution in [0.1, 0.15) is 27.7 Å². The van der Waals surface area contributed by atoms with Gasteiger partial charge in [0.25, 0.3) is 0 Å². The van der Waals surface area contributed by atoms with E-state index in [0.717, 1.165) is 12.1 Å². The van der Waals surface area contributed by atoms with Gasteiger partial charge in [0, 0.05) is 5.46 Å². The molecule has 0 amide bonds. The SMILES string of the molecule is CC1(C)OB(c2cc(OC(F)F)ccc2F)OC1(C)C. The molecule has 0 radical (unpaired) electrons. The molecular formula is C13H16BF3O3. The summed E-state index contributed by atoms with van der Waals surface area (Å²) in [5, 5.41) is 0. The van der Waals surface area contributed by atoms with E-state index < -0.39 is 30.7 Å². The molecule has 1 fully saturated rings. The predicted molar refractivity (Wildman–Crippen MR) is 68.7 cm³/mol. The third-order valence-corrected chi connectivity index (χ3v) is 3.70. The van der Waals surface area contributed by atoms with Gasteiger partial charge in [0.15, 0.2) is 0 Å². The lowest BCUT2D eigenvalue weighted by molar-refractivity contribution is -0.0498. The van der Waals surface area contributed by atoms with Crippen molar-refractivity contribution in [3.05, 3.63) is 24.0 Å². The number of alkyl halides is 2. The maximum absolute atomic E-state index is 13.9. The number of ether oxygens (including phenoxy) is 1. The van der Waals surface area contributed by atoms with Crippen molar-refractivity contribution in [2.45, 2.75) is 45.5 Å². The summed E-state index contributed by atoms with van der Waals surface area (Å²) in [5.74, 6) is -0.726. The van der Waals surface area contributed by atoms with Crippen molar-refractivity contribution in [3.8, 4) is 5.75 Å². The van der Waals surface area contributed by atoms with Gasteiger partial charge in [-0.25, -0.2) is 4.39 Å². The number of rotatable bonds is 3. The first-order chi connectivity index (χ1) is 9.12. The maximum Gasteiger partial charge on any atom is 0.497 e. The Morgan fingerprint density at radius 2 is 1.65 bits per heavy atom. The average molecular weight is 288 g/mol. The lowest BCUT2D eigenvalue weighted by Crippen LogP contribution is -2.41. The highest BCUT2D eigenvalue weighted by molar-refractivity contribution is 6.62. The predicted octanol–water partition coefficient (Wildman–Crippen LogP) is 2.73. The van der Waals surface area contributed by atoms with Crippen LogP contribution in [0.2, 0.25) is 0 Å². The first kappa shape index (κ1) is 15.2. The quantitative estimate of drug-likeness (QED) is 0.800. The summed E-state index contributed by atoms with van der Waals surface area (Å²) in [6.07, 6.45) is 0. The van der Waals surface area contributed by atoms with Crippen molar-refractivity contribution < 1.29 is 27.2 Å². The van der Waals surface area contributed by atoms with E-state index in [4.69, 9.17) is 9.31 Å². The van der Waals surface area contributed by atoms with E-state index >= 15 is 0 Å². The third-order valence-electron chi connectivity index (χ3n) is 3.70. The first-order valence-electron chi connectivity index (χ1n) is 6.22. The Morgan fingerprint density at radius 3 is 2.15 bits per heavy atom. The molecule has 1 aliphatic heterocycles. The third kappa shape index (κ3) is 2.78. The fourth-order valence-electron chi connectivity index (χ4n) is 1.85. The van der Waals surface area contributed by atoms with Gasteiger partial charge in [0.2, 0.25) is 0 Å². The monoisotopic (exact) mass is 288 g/mol. The Bertz CT molecular complexity index is 490. The molecule has 0 spiro atoms. The van der Waals surface area contributed by atoms with Gasteiger partial charge in [0.1, 0.15) is 11.6 Å². The molecule has 20 heavy (non-hydrogen) atoms. The molecule has 110 valence electrons. The van der Waals surface area contributed by atoms with E-state index in [1.54, 1.807) is 0 Å². The van der Waals surface area contributed by atoms with Gasteiger partial charge in [-0.05, 0) is 45.9 Å². The van der Waals surface area contributed by atoms with Crippen LogP contribution < -0.4 is 10.2 Å². The normalized spacial score (nSPS) is 20.5. The summed E-state index contributed by atoms with van der Waals surface area (Å²) in [6, 6.07) is 3.36. The van der Waals surface area contributed by atoms with Crippen molar-refractivity contribution in [2.24, 2.45) is 0 Å². The van der Waals surface area contributed by atoms with Crippen molar-refractivity contribution in [2.75, 3.05) is 0 Å². The summed E-state index contributed by atoms with van der Waals surface area (Å²) in [6.45, 7) is 4.33. The first-order valence-corrected chi connectivity index (χ1v) is 6.22. The molecule has 7 heteroatoms. The summed E-state index contributed by atoms with van der Waals surface area (Å²) in [4.78, 5) is 0. The highest BCUT2D eigenvalue weighted by Gasteiger charge is 2.52. The highest BCUT2D eigenvalue weighted by atomic mass is 19.3. The Hall–Kier alpha value is -1.21. The number of benzene rings is 1. The van der Waals surface area contributed by atoms with Crippen molar-refractivity contribution in [1.82, 2.24) is 0 Å². The van der Waals surface area contributed by atoms with Crippen LogP contribution in [-0.2, 0) is 9.31 Å². The summed E-state index contributed by atoms with van der Waals surface area (Å²) < 4.78 is 53.9. The van der Waals surface area contributed by atoms with Crippen LogP contribution in [0.5, 0.6) is 5.75 Å². The van der Waals surface area contributed by atoms with Gasteiger partial charge in [-0.1, -0.05) is 0 Å². The van der Waals surface area contributed by atoms with Gasteiger partial charge in [0.05, 0.1) is 11.2 Å². The summed E-state index contributed by atoms with van der Waals surface area (Å²) >= 11 is 0. The molecule has 0 bridgehead atoms. The Labute approximate surface area is 116 Å². The van der Waals surface area contributed by atoms with Crippen LogP contribution in [0.25, 0.3) is 0 Å². The highest BCUT2D eigenvalue weighted by Crippen LogP contribution is 2.36. The van der Waals surface area contributed by atoms with E-state index in [1.807, 2.05) is 27.7 Å². The Balaban J connectivity index is 2.30. The van der Waals surface area contributed by atoms with Gasteiger partial charge < -0.3 is 14.0 Å².